The minimum Gasteiger partial charge on any atom is -0.397 e. The number of hydrogen-bond donors (Lipinski definition) is 1. The van der Waals surface area contributed by atoms with Gasteiger partial charge in [-0.15, -0.1) is 0 Å². The molecule has 0 fully saturated rings. The third kappa shape index (κ3) is 2.17. The molecule has 5 nitrogen and oxygen atoms in total. The molecule has 86 valence electrons. The van der Waals surface area contributed by atoms with Crippen molar-refractivity contribution in [2.24, 2.45) is 0 Å². The Morgan fingerprint density at radius 2 is 1.59 bits per heavy atom. The van der Waals surface area contributed by atoms with E-state index in [9.17, 15) is 10.1 Å². The lowest BCUT2D eigenvalue weighted by molar-refractivity contribution is -0.483. The summed E-state index contributed by atoms with van der Waals surface area (Å²) in [6.07, 6.45) is 0. The highest BCUT2D eigenvalue weighted by Crippen LogP contribution is 2.29. The zero-order chi connectivity index (χ0) is 12.3. The average molecular weight is 229 g/mol. The Labute approximate surface area is 98.2 Å². The van der Waals surface area contributed by atoms with Crippen molar-refractivity contribution in [1.82, 2.24) is 0 Å². The molecule has 2 aromatic carbocycles. The predicted molar refractivity (Wildman–Crippen MR) is 66.4 cm³/mol. The fourth-order valence-electron chi connectivity index (χ4n) is 1.57. The molecule has 0 aromatic heterocycles. The summed E-state index contributed by atoms with van der Waals surface area (Å²) in [7, 11) is 0. The van der Waals surface area contributed by atoms with Gasteiger partial charge in [-0.1, -0.05) is 35.3 Å². The Bertz CT molecular complexity index is 528. The average Bonchev–Trinajstić information content (AvgIpc) is 2.33. The molecule has 2 aromatic rings. The van der Waals surface area contributed by atoms with Gasteiger partial charge >= 0.3 is 0 Å². The third-order valence-corrected chi connectivity index (χ3v) is 2.33. The molecule has 0 aliphatic carbocycles. The van der Waals surface area contributed by atoms with Crippen LogP contribution in [0.25, 0.3) is 0 Å². The molecule has 0 atom stereocenters. The van der Waals surface area contributed by atoms with E-state index in [0.29, 0.717) is 17.1 Å². The van der Waals surface area contributed by atoms with Gasteiger partial charge in [0.25, 0.3) is 0 Å². The maximum Gasteiger partial charge on any atom is 0.170 e. The first-order valence-corrected chi connectivity index (χ1v) is 5.04. The molecule has 0 bridgehead atoms. The van der Waals surface area contributed by atoms with Gasteiger partial charge in [0, 0.05) is 0 Å². The van der Waals surface area contributed by atoms with E-state index in [1.165, 1.54) is 0 Å². The second-order valence-corrected chi connectivity index (χ2v) is 3.44. The van der Waals surface area contributed by atoms with Gasteiger partial charge in [-0.25, -0.2) is 10.1 Å². The highest BCUT2D eigenvalue weighted by atomic mass is 16.7. The van der Waals surface area contributed by atoms with Gasteiger partial charge in [0.05, 0.1) is 5.69 Å². The van der Waals surface area contributed by atoms with Crippen LogP contribution in [0.1, 0.15) is 0 Å². The lowest BCUT2D eigenvalue weighted by Gasteiger charge is -2.15. The molecule has 2 N–H and O–H groups in total. The third-order valence-electron chi connectivity index (χ3n) is 2.33. The van der Waals surface area contributed by atoms with Crippen molar-refractivity contribution in [3.63, 3.8) is 0 Å². The van der Waals surface area contributed by atoms with Crippen LogP contribution >= 0.6 is 0 Å². The summed E-state index contributed by atoms with van der Waals surface area (Å²) in [6.45, 7) is 0. The van der Waals surface area contributed by atoms with Crippen LogP contribution in [0.5, 0.6) is 0 Å². The largest absolute Gasteiger partial charge is 0.397 e. The van der Waals surface area contributed by atoms with Crippen LogP contribution in [0.3, 0.4) is 0 Å². The van der Waals surface area contributed by atoms with Crippen molar-refractivity contribution in [2.45, 2.75) is 0 Å². The van der Waals surface area contributed by atoms with Crippen LogP contribution in [-0.4, -0.2) is 5.03 Å². The molecule has 0 spiro atoms. The molecule has 5 heteroatoms. The first-order chi connectivity index (χ1) is 8.20. The zero-order valence-electron chi connectivity index (χ0n) is 8.98. The van der Waals surface area contributed by atoms with Crippen molar-refractivity contribution in [1.29, 1.82) is 0 Å². The summed E-state index contributed by atoms with van der Waals surface area (Å²) in [4.78, 5) is 11.1. The van der Waals surface area contributed by atoms with Gasteiger partial charge in [-0.3, -0.25) is 0 Å². The SMILES string of the molecule is Nc1ccccc1N(c1ccccc1)[N+](=O)[O-]. The molecule has 0 heterocycles. The highest BCUT2D eigenvalue weighted by molar-refractivity contribution is 5.72. The predicted octanol–water partition coefficient (Wildman–Crippen LogP) is 2.60. The molecule has 0 radical (unpaired) electrons. The summed E-state index contributed by atoms with van der Waals surface area (Å²) in [5.41, 5.74) is 6.95. The van der Waals surface area contributed by atoms with E-state index in [-0.39, 0.29) is 0 Å². The quantitative estimate of drug-likeness (QED) is 0.498. The van der Waals surface area contributed by atoms with E-state index in [1.807, 2.05) is 0 Å². The number of nitrogen functional groups attached to an aromatic ring is 1. The first-order valence-electron chi connectivity index (χ1n) is 5.04. The molecule has 0 aliphatic rings. The molecule has 0 saturated carbocycles. The number of nitrogens with zero attached hydrogens (tertiary/aromatic N) is 2. The number of anilines is 3. The first kappa shape index (κ1) is 10.9. The molecule has 17 heavy (non-hydrogen) atoms. The van der Waals surface area contributed by atoms with Gasteiger partial charge in [0.2, 0.25) is 0 Å². The fourth-order valence-corrected chi connectivity index (χ4v) is 1.57. The number of benzene rings is 2. The number of hydrazine groups is 1. The topological polar surface area (TPSA) is 72.4 Å². The van der Waals surface area contributed by atoms with E-state index < -0.39 is 5.03 Å². The Morgan fingerprint density at radius 3 is 2.18 bits per heavy atom. The summed E-state index contributed by atoms with van der Waals surface area (Å²) < 4.78 is 0. The summed E-state index contributed by atoms with van der Waals surface area (Å²) in [5, 5.41) is 11.6. The van der Waals surface area contributed by atoms with Crippen molar-refractivity contribution >= 4 is 17.1 Å². The van der Waals surface area contributed by atoms with Crippen LogP contribution in [-0.2, 0) is 0 Å². The van der Waals surface area contributed by atoms with Crippen molar-refractivity contribution < 1.29 is 5.03 Å². The second kappa shape index (κ2) is 4.52. The van der Waals surface area contributed by atoms with E-state index in [4.69, 9.17) is 5.73 Å². The van der Waals surface area contributed by atoms with Crippen LogP contribution < -0.4 is 10.7 Å². The van der Waals surface area contributed by atoms with E-state index >= 15 is 0 Å². The van der Waals surface area contributed by atoms with Crippen LogP contribution in [0, 0.1) is 10.1 Å². The standard InChI is InChI=1S/C12H11N3O2/c13-11-8-4-5-9-12(11)14(15(16)17)10-6-2-1-3-7-10/h1-9H,13H2. The van der Waals surface area contributed by atoms with Crippen molar-refractivity contribution in [3.8, 4) is 0 Å². The van der Waals surface area contributed by atoms with Crippen LogP contribution in [0.15, 0.2) is 54.6 Å². The Hall–Kier alpha value is -2.56. The maximum absolute atomic E-state index is 11.1. The zero-order valence-corrected chi connectivity index (χ0v) is 8.98. The minimum absolute atomic E-state index is 0.365. The Morgan fingerprint density at radius 1 is 1.00 bits per heavy atom. The molecule has 0 amide bonds. The number of para-hydroxylation sites is 3. The normalized spacial score (nSPS) is 9.88. The van der Waals surface area contributed by atoms with Crippen molar-refractivity contribution in [3.05, 3.63) is 64.7 Å². The smallest absolute Gasteiger partial charge is 0.170 e. The Kier molecular flexibility index (Phi) is 2.91. The van der Waals surface area contributed by atoms with E-state index in [0.717, 1.165) is 5.01 Å². The Balaban J connectivity index is 2.51. The van der Waals surface area contributed by atoms with Crippen LogP contribution in [0.2, 0.25) is 0 Å². The number of nitro groups is 1. The van der Waals surface area contributed by atoms with Gasteiger partial charge in [0.15, 0.2) is 5.03 Å². The van der Waals surface area contributed by atoms with E-state index in [1.54, 1.807) is 54.6 Å². The highest BCUT2D eigenvalue weighted by Gasteiger charge is 2.21. The van der Waals surface area contributed by atoms with Gasteiger partial charge in [0.1, 0.15) is 11.4 Å². The van der Waals surface area contributed by atoms with Gasteiger partial charge in [-0.2, -0.15) is 0 Å². The molecule has 0 saturated heterocycles. The lowest BCUT2D eigenvalue weighted by atomic mass is 10.2. The summed E-state index contributed by atoms with van der Waals surface area (Å²) >= 11 is 0. The number of nitrogens with two attached hydrogens (primary N) is 1. The molecule has 2 rings (SSSR count). The van der Waals surface area contributed by atoms with Crippen molar-refractivity contribution in [2.75, 3.05) is 10.7 Å². The fraction of sp³-hybridized carbons (Fsp3) is 0. The van der Waals surface area contributed by atoms with Gasteiger partial charge in [-0.05, 0) is 24.3 Å². The van der Waals surface area contributed by atoms with Crippen LogP contribution in [0.4, 0.5) is 17.1 Å². The molecule has 0 aliphatic heterocycles. The molecule has 0 unspecified atom stereocenters. The maximum atomic E-state index is 11.1. The number of rotatable bonds is 3. The summed E-state index contributed by atoms with van der Waals surface area (Å²) in [5.74, 6) is 0. The van der Waals surface area contributed by atoms with E-state index in [2.05, 4.69) is 0 Å². The lowest BCUT2D eigenvalue weighted by Crippen LogP contribution is -2.25. The summed E-state index contributed by atoms with van der Waals surface area (Å²) in [6, 6.07) is 15.3. The molecular formula is C12H11N3O2. The molecular weight excluding hydrogens is 218 g/mol. The monoisotopic (exact) mass is 229 g/mol. The second-order valence-electron chi connectivity index (χ2n) is 3.44. The van der Waals surface area contributed by atoms with Gasteiger partial charge < -0.3 is 5.73 Å². The number of hydrogen-bond acceptors (Lipinski definition) is 3. The minimum atomic E-state index is -0.485.